The highest BCUT2D eigenvalue weighted by molar-refractivity contribution is 7.92. The number of hydrogen-bond acceptors (Lipinski definition) is 4. The molecule has 0 bridgehead atoms. The first-order valence-corrected chi connectivity index (χ1v) is 13.2. The van der Waals surface area contributed by atoms with E-state index < -0.39 is 27.3 Å². The molecular weight excluding hydrogens is 494 g/mol. The Morgan fingerprint density at radius 3 is 2.31 bits per heavy atom. The van der Waals surface area contributed by atoms with Crippen LogP contribution in [0.1, 0.15) is 25.8 Å². The molecule has 0 aliphatic carbocycles. The molecule has 0 amide bonds. The molecule has 188 valence electrons. The molecule has 0 unspecified atom stereocenters. The van der Waals surface area contributed by atoms with Crippen molar-refractivity contribution in [1.29, 1.82) is 0 Å². The minimum absolute atomic E-state index is 0.0943. The van der Waals surface area contributed by atoms with Gasteiger partial charge in [0.15, 0.2) is 0 Å². The van der Waals surface area contributed by atoms with E-state index >= 15 is 0 Å². The summed E-state index contributed by atoms with van der Waals surface area (Å²) in [6, 6.07) is 15.2. The number of para-hydroxylation sites is 1. The zero-order chi connectivity index (χ0) is 25.4. The second-order valence-electron chi connectivity index (χ2n) is 7.90. The maximum absolute atomic E-state index is 14.8. The van der Waals surface area contributed by atoms with Crippen LogP contribution in [0.15, 0.2) is 71.6 Å². The summed E-state index contributed by atoms with van der Waals surface area (Å²) in [7, 11) is -4.26. The molecule has 0 saturated heterocycles. The highest BCUT2D eigenvalue weighted by atomic mass is 35.5. The number of ether oxygens (including phenoxy) is 1. The van der Waals surface area contributed by atoms with Gasteiger partial charge in [0, 0.05) is 23.2 Å². The van der Waals surface area contributed by atoms with E-state index in [1.165, 1.54) is 24.3 Å². The molecule has 0 N–H and O–H groups in total. The van der Waals surface area contributed by atoms with Gasteiger partial charge in [-0.3, -0.25) is 4.31 Å². The van der Waals surface area contributed by atoms with Gasteiger partial charge in [0.1, 0.15) is 17.4 Å². The Balaban J connectivity index is 1.93. The normalized spacial score (nSPS) is 11.6. The van der Waals surface area contributed by atoms with Gasteiger partial charge < -0.3 is 9.64 Å². The zero-order valence-corrected chi connectivity index (χ0v) is 21.3. The van der Waals surface area contributed by atoms with Crippen LogP contribution in [-0.2, 0) is 16.6 Å². The van der Waals surface area contributed by atoms with Gasteiger partial charge in [0.2, 0.25) is 0 Å². The summed E-state index contributed by atoms with van der Waals surface area (Å²) in [6.45, 7) is 7.15. The van der Waals surface area contributed by atoms with E-state index in [-0.39, 0.29) is 11.4 Å². The molecule has 0 heterocycles. The molecule has 5 nitrogen and oxygen atoms in total. The first-order valence-electron chi connectivity index (χ1n) is 11.4. The Labute approximate surface area is 210 Å². The van der Waals surface area contributed by atoms with E-state index in [4.69, 9.17) is 16.3 Å². The largest absolute Gasteiger partial charge is 0.493 e. The molecule has 0 saturated carbocycles. The van der Waals surface area contributed by atoms with Gasteiger partial charge >= 0.3 is 0 Å². The quantitative estimate of drug-likeness (QED) is 0.269. The minimum Gasteiger partial charge on any atom is -0.493 e. The van der Waals surface area contributed by atoms with Crippen LogP contribution >= 0.6 is 11.6 Å². The van der Waals surface area contributed by atoms with E-state index in [1.807, 2.05) is 0 Å². The maximum Gasteiger partial charge on any atom is 0.264 e. The summed E-state index contributed by atoms with van der Waals surface area (Å²) in [5.41, 5.74) is 0.132. The van der Waals surface area contributed by atoms with Crippen molar-refractivity contribution >= 4 is 27.3 Å². The predicted octanol–water partition coefficient (Wildman–Crippen LogP) is 6.12. The smallest absolute Gasteiger partial charge is 0.264 e. The molecule has 0 aromatic heterocycles. The lowest BCUT2D eigenvalue weighted by Crippen LogP contribution is -2.31. The lowest BCUT2D eigenvalue weighted by Gasteiger charge is -2.26. The van der Waals surface area contributed by atoms with Gasteiger partial charge in [-0.05, 0) is 62.0 Å². The molecule has 3 rings (SSSR count). The Morgan fingerprint density at radius 1 is 0.943 bits per heavy atom. The van der Waals surface area contributed by atoms with Crippen molar-refractivity contribution in [2.24, 2.45) is 0 Å². The van der Waals surface area contributed by atoms with Crippen molar-refractivity contribution < 1.29 is 21.9 Å². The fourth-order valence-electron chi connectivity index (χ4n) is 3.65. The van der Waals surface area contributed by atoms with Gasteiger partial charge in [-0.1, -0.05) is 43.6 Å². The molecule has 0 radical (unpaired) electrons. The van der Waals surface area contributed by atoms with Gasteiger partial charge in [-0.15, -0.1) is 0 Å². The van der Waals surface area contributed by atoms with Crippen molar-refractivity contribution in [1.82, 2.24) is 4.90 Å². The number of sulfonamides is 1. The number of halogens is 3. The number of benzene rings is 3. The van der Waals surface area contributed by atoms with Crippen LogP contribution in [0, 0.1) is 11.6 Å². The molecule has 3 aromatic carbocycles. The van der Waals surface area contributed by atoms with E-state index in [2.05, 4.69) is 18.7 Å². The third kappa shape index (κ3) is 6.93. The molecule has 0 aliphatic rings. The molecule has 0 spiro atoms. The first kappa shape index (κ1) is 26.9. The fraction of sp³-hybridized carbons (Fsp3) is 0.308. The molecule has 0 aliphatic heterocycles. The topological polar surface area (TPSA) is 49.9 Å². The Morgan fingerprint density at radius 2 is 1.63 bits per heavy atom. The summed E-state index contributed by atoms with van der Waals surface area (Å²) < 4.78 is 62.8. The lowest BCUT2D eigenvalue weighted by atomic mass is 10.2. The predicted molar refractivity (Wildman–Crippen MR) is 136 cm³/mol. The Hall–Kier alpha value is -2.68. The molecule has 0 atom stereocenters. The van der Waals surface area contributed by atoms with Crippen LogP contribution in [-0.4, -0.2) is 39.6 Å². The van der Waals surface area contributed by atoms with Crippen molar-refractivity contribution in [3.05, 3.63) is 89.0 Å². The van der Waals surface area contributed by atoms with E-state index in [0.717, 1.165) is 48.6 Å². The van der Waals surface area contributed by atoms with Crippen LogP contribution < -0.4 is 9.04 Å². The van der Waals surface area contributed by atoms with Gasteiger partial charge in [0.25, 0.3) is 10.0 Å². The highest BCUT2D eigenvalue weighted by Crippen LogP contribution is 2.31. The highest BCUT2D eigenvalue weighted by Gasteiger charge is 2.29. The summed E-state index contributed by atoms with van der Waals surface area (Å²) in [5, 5.41) is 0.357. The second kappa shape index (κ2) is 12.3. The zero-order valence-electron chi connectivity index (χ0n) is 19.8. The Kier molecular flexibility index (Phi) is 9.48. The van der Waals surface area contributed by atoms with Gasteiger partial charge in [-0.2, -0.15) is 0 Å². The van der Waals surface area contributed by atoms with Crippen molar-refractivity contribution in [2.45, 2.75) is 31.7 Å². The first-order chi connectivity index (χ1) is 16.8. The van der Waals surface area contributed by atoms with Crippen LogP contribution in [0.2, 0.25) is 5.02 Å². The average Bonchev–Trinajstić information content (AvgIpc) is 2.85. The third-order valence-corrected chi connectivity index (χ3v) is 7.66. The molecule has 3 aromatic rings. The summed E-state index contributed by atoms with van der Waals surface area (Å²) in [4.78, 5) is 2.19. The van der Waals surface area contributed by atoms with Crippen LogP contribution in [0.25, 0.3) is 0 Å². The van der Waals surface area contributed by atoms with Crippen LogP contribution in [0.5, 0.6) is 5.75 Å². The molecular formula is C26H29ClF2N2O3S. The fourth-order valence-corrected chi connectivity index (χ4v) is 5.22. The van der Waals surface area contributed by atoms with E-state index in [1.54, 1.807) is 24.3 Å². The number of rotatable bonds is 12. The number of hydrogen-bond donors (Lipinski definition) is 0. The summed E-state index contributed by atoms with van der Waals surface area (Å²) >= 11 is 5.92. The number of anilines is 1. The third-order valence-electron chi connectivity index (χ3n) is 5.64. The monoisotopic (exact) mass is 522 g/mol. The van der Waals surface area contributed by atoms with E-state index in [0.29, 0.717) is 22.9 Å². The van der Waals surface area contributed by atoms with Crippen molar-refractivity contribution in [3.8, 4) is 5.75 Å². The average molecular weight is 523 g/mol. The van der Waals surface area contributed by atoms with Gasteiger partial charge in [-0.25, -0.2) is 17.2 Å². The standard InChI is InChI=1S/C26H29ClF2N2O3S/c1-3-30(4-2)16-7-17-34-26-9-6-5-8-20(26)19-31(25-18-22(28)12-15-24(25)29)35(32,33)23-13-10-21(27)11-14-23/h5-6,8-15,18H,3-4,7,16-17,19H2,1-2H3. The van der Waals surface area contributed by atoms with Gasteiger partial charge in [0.05, 0.1) is 23.7 Å². The van der Waals surface area contributed by atoms with E-state index in [9.17, 15) is 17.2 Å². The molecule has 0 fully saturated rings. The summed E-state index contributed by atoms with van der Waals surface area (Å²) in [6.07, 6.45) is 0.793. The number of nitrogens with zero attached hydrogens (tertiary/aromatic N) is 2. The minimum atomic E-state index is -4.26. The van der Waals surface area contributed by atoms with Crippen LogP contribution in [0.3, 0.4) is 0 Å². The Bertz CT molecular complexity index is 1220. The SMILES string of the molecule is CCN(CC)CCCOc1ccccc1CN(c1cc(F)ccc1F)S(=O)(=O)c1ccc(Cl)cc1. The van der Waals surface area contributed by atoms with Crippen molar-refractivity contribution in [3.63, 3.8) is 0 Å². The van der Waals surface area contributed by atoms with Crippen LogP contribution in [0.4, 0.5) is 14.5 Å². The summed E-state index contributed by atoms with van der Waals surface area (Å²) in [5.74, 6) is -1.12. The second-order valence-corrected chi connectivity index (χ2v) is 10.2. The van der Waals surface area contributed by atoms with Crippen molar-refractivity contribution in [2.75, 3.05) is 30.5 Å². The molecule has 35 heavy (non-hydrogen) atoms. The maximum atomic E-state index is 14.8. The lowest BCUT2D eigenvalue weighted by molar-refractivity contribution is 0.248. The molecule has 9 heteroatoms.